The van der Waals surface area contributed by atoms with E-state index in [0.717, 1.165) is 23.4 Å². The fraction of sp³-hybridized carbons (Fsp3) is 0.538. The number of hydrogen-bond acceptors (Lipinski definition) is 3. The van der Waals surface area contributed by atoms with Crippen molar-refractivity contribution in [1.82, 2.24) is 4.90 Å². The topological polar surface area (TPSA) is 21.7 Å². The van der Waals surface area contributed by atoms with Gasteiger partial charge < -0.3 is 9.47 Å². The first-order valence-corrected chi connectivity index (χ1v) is 6.83. The van der Waals surface area contributed by atoms with Crippen LogP contribution >= 0.6 is 15.9 Å². The van der Waals surface area contributed by atoms with Crippen molar-refractivity contribution in [2.45, 2.75) is 13.0 Å². The van der Waals surface area contributed by atoms with Crippen LogP contribution in [0.15, 0.2) is 24.3 Å². The smallest absolute Gasteiger partial charge is 0.161 e. The lowest BCUT2D eigenvalue weighted by Gasteiger charge is -2.22. The molecule has 96 valence electrons. The quantitative estimate of drug-likeness (QED) is 0.723. The Labute approximate surface area is 112 Å². The SMILES string of the molecule is COc1ccccc1OCCN(C)C(C)CBr. The van der Waals surface area contributed by atoms with Crippen molar-refractivity contribution < 1.29 is 9.47 Å². The number of alkyl halides is 1. The van der Waals surface area contributed by atoms with Crippen molar-refractivity contribution in [3.63, 3.8) is 0 Å². The summed E-state index contributed by atoms with van der Waals surface area (Å²) in [6.07, 6.45) is 0. The van der Waals surface area contributed by atoms with E-state index in [1.54, 1.807) is 7.11 Å². The normalized spacial score (nSPS) is 12.5. The summed E-state index contributed by atoms with van der Waals surface area (Å²) < 4.78 is 10.9. The van der Waals surface area contributed by atoms with E-state index in [4.69, 9.17) is 9.47 Å². The van der Waals surface area contributed by atoms with E-state index in [-0.39, 0.29) is 0 Å². The molecule has 1 unspecified atom stereocenters. The minimum atomic E-state index is 0.510. The number of halogens is 1. The molecule has 0 aliphatic heterocycles. The van der Waals surface area contributed by atoms with Crippen LogP contribution in [0.4, 0.5) is 0 Å². The Bertz CT molecular complexity index is 333. The molecule has 0 radical (unpaired) electrons. The van der Waals surface area contributed by atoms with Crippen LogP contribution in [0.2, 0.25) is 0 Å². The first-order chi connectivity index (χ1) is 8.19. The van der Waals surface area contributed by atoms with E-state index < -0.39 is 0 Å². The number of benzene rings is 1. The minimum absolute atomic E-state index is 0.510. The number of nitrogens with zero attached hydrogens (tertiary/aromatic N) is 1. The highest BCUT2D eigenvalue weighted by molar-refractivity contribution is 9.09. The lowest BCUT2D eigenvalue weighted by atomic mass is 10.3. The molecule has 0 saturated heterocycles. The summed E-state index contributed by atoms with van der Waals surface area (Å²) in [6.45, 7) is 3.73. The molecule has 4 heteroatoms. The summed E-state index contributed by atoms with van der Waals surface area (Å²) in [6, 6.07) is 8.22. The average Bonchev–Trinajstić information content (AvgIpc) is 2.38. The largest absolute Gasteiger partial charge is 0.493 e. The Morgan fingerprint density at radius 2 is 1.94 bits per heavy atom. The molecule has 0 saturated carbocycles. The zero-order chi connectivity index (χ0) is 12.7. The highest BCUT2D eigenvalue weighted by atomic mass is 79.9. The summed E-state index contributed by atoms with van der Waals surface area (Å²) in [7, 11) is 3.75. The van der Waals surface area contributed by atoms with E-state index in [0.29, 0.717) is 12.6 Å². The summed E-state index contributed by atoms with van der Waals surface area (Å²) in [4.78, 5) is 2.25. The maximum atomic E-state index is 5.71. The van der Waals surface area contributed by atoms with Crippen molar-refractivity contribution >= 4 is 15.9 Å². The van der Waals surface area contributed by atoms with Crippen LogP contribution in [-0.2, 0) is 0 Å². The van der Waals surface area contributed by atoms with Gasteiger partial charge in [0, 0.05) is 17.9 Å². The zero-order valence-corrected chi connectivity index (χ0v) is 12.2. The summed E-state index contributed by atoms with van der Waals surface area (Å²) >= 11 is 3.47. The molecule has 0 heterocycles. The van der Waals surface area contributed by atoms with E-state index in [2.05, 4.69) is 34.8 Å². The molecule has 1 rings (SSSR count). The number of hydrogen-bond donors (Lipinski definition) is 0. The van der Waals surface area contributed by atoms with Crippen LogP contribution in [0.5, 0.6) is 11.5 Å². The van der Waals surface area contributed by atoms with Gasteiger partial charge in [0.05, 0.1) is 7.11 Å². The molecule has 1 atom stereocenters. The van der Waals surface area contributed by atoms with Crippen molar-refractivity contribution in [3.8, 4) is 11.5 Å². The maximum absolute atomic E-state index is 5.71. The molecule has 0 N–H and O–H groups in total. The molecule has 0 amide bonds. The van der Waals surface area contributed by atoms with Gasteiger partial charge in [-0.25, -0.2) is 0 Å². The van der Waals surface area contributed by atoms with Crippen molar-refractivity contribution in [1.29, 1.82) is 0 Å². The molecule has 17 heavy (non-hydrogen) atoms. The van der Waals surface area contributed by atoms with Crippen LogP contribution in [0, 0.1) is 0 Å². The molecule has 0 aliphatic rings. The third-order valence-corrected chi connectivity index (χ3v) is 3.68. The van der Waals surface area contributed by atoms with Gasteiger partial charge in [-0.1, -0.05) is 28.1 Å². The van der Waals surface area contributed by atoms with Crippen LogP contribution in [0.3, 0.4) is 0 Å². The van der Waals surface area contributed by atoms with Gasteiger partial charge in [-0.15, -0.1) is 0 Å². The van der Waals surface area contributed by atoms with Crippen LogP contribution in [0.25, 0.3) is 0 Å². The number of methoxy groups -OCH3 is 1. The zero-order valence-electron chi connectivity index (χ0n) is 10.6. The first-order valence-electron chi connectivity index (χ1n) is 5.71. The van der Waals surface area contributed by atoms with Crippen LogP contribution < -0.4 is 9.47 Å². The molecule has 0 aliphatic carbocycles. The van der Waals surface area contributed by atoms with E-state index >= 15 is 0 Å². The van der Waals surface area contributed by atoms with Gasteiger partial charge >= 0.3 is 0 Å². The van der Waals surface area contributed by atoms with E-state index in [1.807, 2.05) is 24.3 Å². The summed E-state index contributed by atoms with van der Waals surface area (Å²) in [5.41, 5.74) is 0. The Hall–Kier alpha value is -0.740. The molecule has 3 nitrogen and oxygen atoms in total. The second-order valence-electron chi connectivity index (χ2n) is 3.98. The maximum Gasteiger partial charge on any atom is 0.161 e. The van der Waals surface area contributed by atoms with Gasteiger partial charge in [0.15, 0.2) is 11.5 Å². The van der Waals surface area contributed by atoms with Gasteiger partial charge in [0.1, 0.15) is 6.61 Å². The molecular formula is C13H20BrNO2. The molecule has 0 fully saturated rings. The van der Waals surface area contributed by atoms with Crippen molar-refractivity contribution in [2.75, 3.05) is 32.6 Å². The predicted octanol–water partition coefficient (Wildman–Crippen LogP) is 2.79. The Balaban J connectivity index is 2.40. The molecule has 0 aromatic heterocycles. The number of ether oxygens (including phenoxy) is 2. The van der Waals surface area contributed by atoms with Gasteiger partial charge in [-0.05, 0) is 26.1 Å². The van der Waals surface area contributed by atoms with Gasteiger partial charge in [0.2, 0.25) is 0 Å². The Morgan fingerprint density at radius 1 is 1.29 bits per heavy atom. The van der Waals surface area contributed by atoms with Gasteiger partial charge in [-0.2, -0.15) is 0 Å². The number of rotatable bonds is 7. The fourth-order valence-electron chi connectivity index (χ4n) is 1.38. The number of likely N-dealkylation sites (N-methyl/N-ethyl adjacent to an activating group) is 1. The minimum Gasteiger partial charge on any atom is -0.493 e. The molecule has 0 bridgehead atoms. The summed E-state index contributed by atoms with van der Waals surface area (Å²) in [5.74, 6) is 1.58. The highest BCUT2D eigenvalue weighted by Crippen LogP contribution is 2.25. The molecular weight excluding hydrogens is 282 g/mol. The lowest BCUT2D eigenvalue weighted by Crippen LogP contribution is -2.33. The Kier molecular flexibility index (Phi) is 6.37. The third kappa shape index (κ3) is 4.56. The molecule has 1 aromatic rings. The fourth-order valence-corrected chi connectivity index (χ4v) is 1.87. The highest BCUT2D eigenvalue weighted by Gasteiger charge is 2.08. The van der Waals surface area contributed by atoms with Crippen molar-refractivity contribution in [2.24, 2.45) is 0 Å². The Morgan fingerprint density at radius 3 is 2.53 bits per heavy atom. The molecule has 1 aromatic carbocycles. The van der Waals surface area contributed by atoms with E-state index in [1.165, 1.54) is 0 Å². The standard InChI is InChI=1S/C13H20BrNO2/c1-11(10-14)15(2)8-9-17-13-7-5-4-6-12(13)16-3/h4-7,11H,8-10H2,1-3H3. The monoisotopic (exact) mass is 301 g/mol. The summed E-state index contributed by atoms with van der Waals surface area (Å²) in [5, 5.41) is 0.970. The van der Waals surface area contributed by atoms with E-state index in [9.17, 15) is 0 Å². The average molecular weight is 302 g/mol. The first kappa shape index (κ1) is 14.3. The second-order valence-corrected chi connectivity index (χ2v) is 4.63. The van der Waals surface area contributed by atoms with Gasteiger partial charge in [-0.3, -0.25) is 4.90 Å². The van der Waals surface area contributed by atoms with Crippen molar-refractivity contribution in [3.05, 3.63) is 24.3 Å². The van der Waals surface area contributed by atoms with Crippen LogP contribution in [0.1, 0.15) is 6.92 Å². The van der Waals surface area contributed by atoms with Gasteiger partial charge in [0.25, 0.3) is 0 Å². The predicted molar refractivity (Wildman–Crippen MR) is 74.4 cm³/mol. The number of para-hydroxylation sites is 2. The second kappa shape index (κ2) is 7.56. The molecule has 0 spiro atoms. The lowest BCUT2D eigenvalue weighted by molar-refractivity contribution is 0.206. The third-order valence-electron chi connectivity index (χ3n) is 2.75. The van der Waals surface area contributed by atoms with Crippen LogP contribution in [-0.4, -0.2) is 43.6 Å².